The van der Waals surface area contributed by atoms with Crippen LogP contribution >= 0.6 is 0 Å². The SMILES string of the molecule is OCc1nccc2c1OCCO2. The molecule has 2 heterocycles. The molecular formula is C8H9NO3. The second kappa shape index (κ2) is 2.98. The zero-order valence-electron chi connectivity index (χ0n) is 6.49. The second-order valence-corrected chi connectivity index (χ2v) is 2.44. The Morgan fingerprint density at radius 2 is 2.25 bits per heavy atom. The van der Waals surface area contributed by atoms with Crippen LogP contribution in [0.5, 0.6) is 11.5 Å². The molecule has 0 atom stereocenters. The van der Waals surface area contributed by atoms with Gasteiger partial charge in [0.05, 0.1) is 6.61 Å². The summed E-state index contributed by atoms with van der Waals surface area (Å²) in [6.07, 6.45) is 1.60. The monoisotopic (exact) mass is 167 g/mol. The number of pyridine rings is 1. The molecule has 2 rings (SSSR count). The molecule has 0 aliphatic carbocycles. The highest BCUT2D eigenvalue weighted by Gasteiger charge is 2.15. The zero-order valence-corrected chi connectivity index (χ0v) is 6.49. The van der Waals surface area contributed by atoms with Gasteiger partial charge in [-0.15, -0.1) is 0 Å². The third-order valence-corrected chi connectivity index (χ3v) is 1.68. The number of hydrogen-bond acceptors (Lipinski definition) is 4. The van der Waals surface area contributed by atoms with Crippen molar-refractivity contribution in [1.82, 2.24) is 4.98 Å². The van der Waals surface area contributed by atoms with Crippen molar-refractivity contribution in [3.05, 3.63) is 18.0 Å². The number of aromatic nitrogens is 1. The average molecular weight is 167 g/mol. The minimum Gasteiger partial charge on any atom is -0.486 e. The predicted octanol–water partition coefficient (Wildman–Crippen LogP) is 0.345. The van der Waals surface area contributed by atoms with Crippen LogP contribution in [0.2, 0.25) is 0 Å². The van der Waals surface area contributed by atoms with Crippen LogP contribution < -0.4 is 9.47 Å². The average Bonchev–Trinajstić information content (AvgIpc) is 2.17. The Kier molecular flexibility index (Phi) is 1.83. The van der Waals surface area contributed by atoms with E-state index in [1.54, 1.807) is 12.3 Å². The number of aliphatic hydroxyl groups excluding tert-OH is 1. The molecule has 0 bridgehead atoms. The Hall–Kier alpha value is -1.29. The van der Waals surface area contributed by atoms with Crippen molar-refractivity contribution in [1.29, 1.82) is 0 Å². The Balaban J connectivity index is 2.44. The number of nitrogens with zero attached hydrogens (tertiary/aromatic N) is 1. The third-order valence-electron chi connectivity index (χ3n) is 1.68. The molecule has 12 heavy (non-hydrogen) atoms. The van der Waals surface area contributed by atoms with Crippen LogP contribution in [0.1, 0.15) is 5.69 Å². The quantitative estimate of drug-likeness (QED) is 0.655. The number of aliphatic hydroxyl groups is 1. The van der Waals surface area contributed by atoms with Crippen molar-refractivity contribution in [3.63, 3.8) is 0 Å². The maximum Gasteiger partial charge on any atom is 0.185 e. The lowest BCUT2D eigenvalue weighted by Crippen LogP contribution is -2.17. The molecule has 1 aromatic rings. The summed E-state index contributed by atoms with van der Waals surface area (Å²) in [6.45, 7) is 0.958. The Bertz CT molecular complexity index is 273. The maximum atomic E-state index is 8.90. The summed E-state index contributed by atoms with van der Waals surface area (Å²) in [4.78, 5) is 3.96. The van der Waals surface area contributed by atoms with Gasteiger partial charge in [-0.05, 0) is 0 Å². The van der Waals surface area contributed by atoms with E-state index < -0.39 is 0 Å². The van der Waals surface area contributed by atoms with Gasteiger partial charge in [0.15, 0.2) is 11.5 Å². The van der Waals surface area contributed by atoms with Gasteiger partial charge in [0.1, 0.15) is 18.9 Å². The topological polar surface area (TPSA) is 51.6 Å². The van der Waals surface area contributed by atoms with Crippen LogP contribution in [0.4, 0.5) is 0 Å². The third kappa shape index (κ3) is 1.10. The van der Waals surface area contributed by atoms with Crippen LogP contribution in [0.15, 0.2) is 12.3 Å². The first-order valence-corrected chi connectivity index (χ1v) is 3.76. The van der Waals surface area contributed by atoms with Gasteiger partial charge in [-0.25, -0.2) is 0 Å². The molecular weight excluding hydrogens is 158 g/mol. The minimum absolute atomic E-state index is 0.119. The van der Waals surface area contributed by atoms with E-state index in [4.69, 9.17) is 14.6 Å². The second-order valence-electron chi connectivity index (χ2n) is 2.44. The first-order chi connectivity index (χ1) is 5.92. The van der Waals surface area contributed by atoms with E-state index in [2.05, 4.69) is 4.98 Å². The maximum absolute atomic E-state index is 8.90. The minimum atomic E-state index is -0.119. The van der Waals surface area contributed by atoms with E-state index in [1.165, 1.54) is 0 Å². The van der Waals surface area contributed by atoms with E-state index in [0.717, 1.165) is 0 Å². The molecule has 0 amide bonds. The normalized spacial score (nSPS) is 14.4. The molecule has 4 heteroatoms. The lowest BCUT2D eigenvalue weighted by Gasteiger charge is -2.19. The van der Waals surface area contributed by atoms with Gasteiger partial charge in [0.25, 0.3) is 0 Å². The molecule has 0 spiro atoms. The molecule has 0 fully saturated rings. The highest BCUT2D eigenvalue weighted by atomic mass is 16.6. The molecule has 1 N–H and O–H groups in total. The number of fused-ring (bicyclic) bond motifs is 1. The summed E-state index contributed by atoms with van der Waals surface area (Å²) >= 11 is 0. The highest BCUT2D eigenvalue weighted by Crippen LogP contribution is 2.31. The van der Waals surface area contributed by atoms with Crippen LogP contribution in [0, 0.1) is 0 Å². The van der Waals surface area contributed by atoms with Gasteiger partial charge in [0.2, 0.25) is 0 Å². The summed E-state index contributed by atoms with van der Waals surface area (Å²) < 4.78 is 10.6. The van der Waals surface area contributed by atoms with E-state index in [-0.39, 0.29) is 6.61 Å². The van der Waals surface area contributed by atoms with Crippen molar-refractivity contribution >= 4 is 0 Å². The van der Waals surface area contributed by atoms with Crippen molar-refractivity contribution in [3.8, 4) is 11.5 Å². The van der Waals surface area contributed by atoms with E-state index in [9.17, 15) is 0 Å². The smallest absolute Gasteiger partial charge is 0.185 e. The zero-order chi connectivity index (χ0) is 8.39. The highest BCUT2D eigenvalue weighted by molar-refractivity contribution is 5.43. The van der Waals surface area contributed by atoms with Crippen LogP contribution in [-0.4, -0.2) is 23.3 Å². The molecule has 0 radical (unpaired) electrons. The van der Waals surface area contributed by atoms with Crippen molar-refractivity contribution in [2.24, 2.45) is 0 Å². The van der Waals surface area contributed by atoms with Gasteiger partial charge in [0, 0.05) is 12.3 Å². The van der Waals surface area contributed by atoms with Gasteiger partial charge in [-0.3, -0.25) is 4.98 Å². The molecule has 1 aliphatic heterocycles. The van der Waals surface area contributed by atoms with Gasteiger partial charge < -0.3 is 14.6 Å². The summed E-state index contributed by atoms with van der Waals surface area (Å²) in [6, 6.07) is 1.73. The van der Waals surface area contributed by atoms with Crippen LogP contribution in [0.25, 0.3) is 0 Å². The predicted molar refractivity (Wildman–Crippen MR) is 41.1 cm³/mol. The van der Waals surface area contributed by atoms with Crippen molar-refractivity contribution < 1.29 is 14.6 Å². The summed E-state index contributed by atoms with van der Waals surface area (Å²) in [5.41, 5.74) is 0.534. The molecule has 1 aromatic heterocycles. The van der Waals surface area contributed by atoms with Crippen molar-refractivity contribution in [2.75, 3.05) is 13.2 Å². The molecule has 0 saturated heterocycles. The number of ether oxygens (including phenoxy) is 2. The molecule has 4 nitrogen and oxygen atoms in total. The van der Waals surface area contributed by atoms with Gasteiger partial charge >= 0.3 is 0 Å². The van der Waals surface area contributed by atoms with Gasteiger partial charge in [-0.2, -0.15) is 0 Å². The standard InChI is InChI=1S/C8H9NO3/c10-5-6-8-7(1-2-9-6)11-3-4-12-8/h1-2,10H,3-5H2. The lowest BCUT2D eigenvalue weighted by atomic mass is 10.3. The van der Waals surface area contributed by atoms with Gasteiger partial charge in [-0.1, -0.05) is 0 Å². The van der Waals surface area contributed by atoms with Crippen LogP contribution in [0.3, 0.4) is 0 Å². The first-order valence-electron chi connectivity index (χ1n) is 3.76. The fourth-order valence-corrected chi connectivity index (χ4v) is 1.15. The largest absolute Gasteiger partial charge is 0.486 e. The van der Waals surface area contributed by atoms with E-state index >= 15 is 0 Å². The Morgan fingerprint density at radius 3 is 3.08 bits per heavy atom. The molecule has 64 valence electrons. The Morgan fingerprint density at radius 1 is 1.42 bits per heavy atom. The fourth-order valence-electron chi connectivity index (χ4n) is 1.15. The Labute approximate surface area is 69.8 Å². The summed E-state index contributed by atoms with van der Waals surface area (Å²) in [5.74, 6) is 1.24. The van der Waals surface area contributed by atoms with E-state index in [0.29, 0.717) is 30.4 Å². The molecule has 0 saturated carbocycles. The molecule has 0 aromatic carbocycles. The van der Waals surface area contributed by atoms with Crippen LogP contribution in [-0.2, 0) is 6.61 Å². The fraction of sp³-hybridized carbons (Fsp3) is 0.375. The van der Waals surface area contributed by atoms with E-state index in [1.807, 2.05) is 0 Å². The number of hydrogen-bond donors (Lipinski definition) is 1. The summed E-state index contributed by atoms with van der Waals surface area (Å²) in [5, 5.41) is 8.90. The van der Waals surface area contributed by atoms with Crippen molar-refractivity contribution in [2.45, 2.75) is 6.61 Å². The first kappa shape index (κ1) is 7.36. The summed E-state index contributed by atoms with van der Waals surface area (Å²) in [7, 11) is 0. The molecule has 1 aliphatic rings. The number of rotatable bonds is 1. The lowest BCUT2D eigenvalue weighted by molar-refractivity contribution is 0.163. The molecule has 0 unspecified atom stereocenters.